The molecule has 2 rings (SSSR count). The highest BCUT2D eigenvalue weighted by atomic mass is 32.2. The van der Waals surface area contributed by atoms with E-state index in [1.165, 1.54) is 0 Å². The Kier molecular flexibility index (Phi) is 6.82. The number of hydrogen-bond donors (Lipinski definition) is 0. The van der Waals surface area contributed by atoms with Crippen LogP contribution in [0.25, 0.3) is 0 Å². The van der Waals surface area contributed by atoms with Crippen LogP contribution in [0.15, 0.2) is 29.2 Å². The predicted octanol–water partition coefficient (Wildman–Crippen LogP) is 3.21. The van der Waals surface area contributed by atoms with Crippen LogP contribution < -0.4 is 0 Å². The van der Waals surface area contributed by atoms with E-state index >= 15 is 0 Å². The lowest BCUT2D eigenvalue weighted by molar-refractivity contribution is -0.141. The van der Waals surface area contributed by atoms with Crippen LogP contribution in [0.5, 0.6) is 0 Å². The maximum atomic E-state index is 11.9. The molecule has 0 amide bonds. The van der Waals surface area contributed by atoms with E-state index in [1.54, 1.807) is 12.1 Å². The third kappa shape index (κ3) is 5.32. The standard InChI is InChI=1S/C13H18O4S.C2H6/c1-10-4-6-12(7-5-10)18(14)16-9-11-8-15-13(2,3)17-11;1-2/h4-7,11H,8-9H2,1-3H3;1-2H3. The van der Waals surface area contributed by atoms with Crippen LogP contribution in [0.2, 0.25) is 0 Å². The number of rotatable bonds is 4. The number of hydrogen-bond acceptors (Lipinski definition) is 4. The highest BCUT2D eigenvalue weighted by Gasteiger charge is 2.33. The summed E-state index contributed by atoms with van der Waals surface area (Å²) in [5.41, 5.74) is 1.13. The normalized spacial score (nSPS) is 21.9. The average molecular weight is 300 g/mol. The minimum atomic E-state index is -1.45. The van der Waals surface area contributed by atoms with Crippen molar-refractivity contribution in [3.05, 3.63) is 29.8 Å². The molecule has 2 unspecified atom stereocenters. The quantitative estimate of drug-likeness (QED) is 0.856. The van der Waals surface area contributed by atoms with Crippen molar-refractivity contribution in [1.29, 1.82) is 0 Å². The minimum absolute atomic E-state index is 0.158. The summed E-state index contributed by atoms with van der Waals surface area (Å²) in [6.07, 6.45) is -0.158. The summed E-state index contributed by atoms with van der Waals surface area (Å²) < 4.78 is 28.2. The molecule has 4 nitrogen and oxygen atoms in total. The lowest BCUT2D eigenvalue weighted by Crippen LogP contribution is -2.24. The van der Waals surface area contributed by atoms with Crippen LogP contribution in [-0.4, -0.2) is 29.3 Å². The molecule has 1 aromatic carbocycles. The van der Waals surface area contributed by atoms with E-state index < -0.39 is 16.9 Å². The fraction of sp³-hybridized carbons (Fsp3) is 0.600. The van der Waals surface area contributed by atoms with Crippen molar-refractivity contribution in [2.24, 2.45) is 0 Å². The maximum Gasteiger partial charge on any atom is 0.189 e. The minimum Gasteiger partial charge on any atom is -0.348 e. The molecule has 1 fully saturated rings. The van der Waals surface area contributed by atoms with Gasteiger partial charge in [0.1, 0.15) is 6.10 Å². The fourth-order valence-corrected chi connectivity index (χ4v) is 2.47. The molecule has 2 atom stereocenters. The molecule has 1 aliphatic rings. The van der Waals surface area contributed by atoms with Gasteiger partial charge in [-0.15, -0.1) is 0 Å². The Morgan fingerprint density at radius 3 is 2.40 bits per heavy atom. The van der Waals surface area contributed by atoms with E-state index in [9.17, 15) is 4.21 Å². The van der Waals surface area contributed by atoms with Gasteiger partial charge < -0.3 is 9.47 Å². The highest BCUT2D eigenvalue weighted by Crippen LogP contribution is 2.22. The molecule has 0 aromatic heterocycles. The second kappa shape index (κ2) is 7.88. The van der Waals surface area contributed by atoms with Gasteiger partial charge >= 0.3 is 0 Å². The summed E-state index contributed by atoms with van der Waals surface area (Å²) in [5, 5.41) is 0. The Morgan fingerprint density at radius 1 is 1.30 bits per heavy atom. The summed E-state index contributed by atoms with van der Waals surface area (Å²) >= 11 is -1.45. The molecule has 1 aromatic rings. The van der Waals surface area contributed by atoms with E-state index in [2.05, 4.69) is 0 Å². The summed E-state index contributed by atoms with van der Waals surface area (Å²) in [6, 6.07) is 7.44. The molecule has 1 aliphatic heterocycles. The lowest BCUT2D eigenvalue weighted by Gasteiger charge is -2.16. The van der Waals surface area contributed by atoms with Gasteiger partial charge in [-0.2, -0.15) is 0 Å². The molecule has 5 heteroatoms. The Bertz CT molecular complexity index is 428. The molecule has 114 valence electrons. The van der Waals surface area contributed by atoms with E-state index in [4.69, 9.17) is 13.7 Å². The predicted molar refractivity (Wildman–Crippen MR) is 79.8 cm³/mol. The first kappa shape index (κ1) is 17.3. The van der Waals surface area contributed by atoms with E-state index in [1.807, 2.05) is 46.8 Å². The monoisotopic (exact) mass is 300 g/mol. The van der Waals surface area contributed by atoms with E-state index in [0.29, 0.717) is 11.5 Å². The smallest absolute Gasteiger partial charge is 0.189 e. The van der Waals surface area contributed by atoms with E-state index in [-0.39, 0.29) is 12.7 Å². The van der Waals surface area contributed by atoms with Gasteiger partial charge in [-0.3, -0.25) is 4.18 Å². The summed E-state index contributed by atoms with van der Waals surface area (Å²) in [5.74, 6) is -0.570. The van der Waals surface area contributed by atoms with Crippen LogP contribution in [0.1, 0.15) is 33.3 Å². The summed E-state index contributed by atoms with van der Waals surface area (Å²) in [4.78, 5) is 0.666. The van der Waals surface area contributed by atoms with Crippen molar-refractivity contribution in [1.82, 2.24) is 0 Å². The van der Waals surface area contributed by atoms with Gasteiger partial charge in [-0.1, -0.05) is 31.5 Å². The Balaban J connectivity index is 0.000000956. The first-order chi connectivity index (χ1) is 9.46. The van der Waals surface area contributed by atoms with E-state index in [0.717, 1.165) is 5.56 Å². The third-order valence-electron chi connectivity index (χ3n) is 2.64. The van der Waals surface area contributed by atoms with Gasteiger partial charge in [0.2, 0.25) is 0 Å². The van der Waals surface area contributed by atoms with Gasteiger partial charge in [-0.05, 0) is 32.9 Å². The Hall–Kier alpha value is -0.750. The number of benzene rings is 1. The topological polar surface area (TPSA) is 44.8 Å². The third-order valence-corrected chi connectivity index (χ3v) is 3.65. The zero-order chi connectivity index (χ0) is 15.2. The number of ether oxygens (including phenoxy) is 2. The molecule has 1 heterocycles. The molecular formula is C15H24O4S. The average Bonchev–Trinajstić information content (AvgIpc) is 2.79. The first-order valence-electron chi connectivity index (χ1n) is 6.90. The molecule has 0 bridgehead atoms. The van der Waals surface area contributed by atoms with Gasteiger partial charge in [0.25, 0.3) is 0 Å². The van der Waals surface area contributed by atoms with Crippen LogP contribution in [0, 0.1) is 6.92 Å². The van der Waals surface area contributed by atoms with Crippen LogP contribution >= 0.6 is 0 Å². The van der Waals surface area contributed by atoms with Crippen LogP contribution in [-0.2, 0) is 24.7 Å². The Labute approximate surface area is 124 Å². The molecule has 0 aliphatic carbocycles. The van der Waals surface area contributed by atoms with Crippen LogP contribution in [0.4, 0.5) is 0 Å². The van der Waals surface area contributed by atoms with Gasteiger partial charge in [0, 0.05) is 0 Å². The van der Waals surface area contributed by atoms with Gasteiger partial charge in [0.15, 0.2) is 16.9 Å². The van der Waals surface area contributed by atoms with Crippen molar-refractivity contribution in [2.75, 3.05) is 13.2 Å². The zero-order valence-electron chi connectivity index (χ0n) is 12.8. The highest BCUT2D eigenvalue weighted by molar-refractivity contribution is 7.80. The SMILES string of the molecule is CC.Cc1ccc(S(=O)OCC2COC(C)(C)O2)cc1. The molecule has 0 radical (unpaired) electrons. The molecule has 0 spiro atoms. The van der Waals surface area contributed by atoms with Crippen molar-refractivity contribution < 1.29 is 17.9 Å². The van der Waals surface area contributed by atoms with Gasteiger partial charge in [0.05, 0.1) is 18.1 Å². The maximum absolute atomic E-state index is 11.9. The molecule has 0 saturated carbocycles. The van der Waals surface area contributed by atoms with Crippen molar-refractivity contribution in [3.63, 3.8) is 0 Å². The zero-order valence-corrected chi connectivity index (χ0v) is 13.7. The molecule has 1 saturated heterocycles. The van der Waals surface area contributed by atoms with Gasteiger partial charge in [-0.25, -0.2) is 4.21 Å². The molecular weight excluding hydrogens is 276 g/mol. The molecule has 0 N–H and O–H groups in total. The van der Waals surface area contributed by atoms with Crippen LogP contribution in [0.3, 0.4) is 0 Å². The second-order valence-electron chi connectivity index (χ2n) is 4.78. The van der Waals surface area contributed by atoms with Crippen molar-refractivity contribution in [2.45, 2.75) is 51.4 Å². The summed E-state index contributed by atoms with van der Waals surface area (Å²) in [6.45, 7) is 10.4. The first-order valence-corrected chi connectivity index (χ1v) is 7.97. The Morgan fingerprint density at radius 2 is 1.90 bits per heavy atom. The second-order valence-corrected chi connectivity index (χ2v) is 5.96. The lowest BCUT2D eigenvalue weighted by atomic mass is 10.2. The number of aryl methyl sites for hydroxylation is 1. The summed E-state index contributed by atoms with van der Waals surface area (Å²) in [7, 11) is 0. The fourth-order valence-electron chi connectivity index (χ4n) is 1.70. The van der Waals surface area contributed by atoms with Crippen molar-refractivity contribution >= 4 is 11.1 Å². The molecule has 20 heavy (non-hydrogen) atoms. The largest absolute Gasteiger partial charge is 0.348 e. The van der Waals surface area contributed by atoms with Crippen molar-refractivity contribution in [3.8, 4) is 0 Å².